The van der Waals surface area contributed by atoms with Crippen LogP contribution in [-0.4, -0.2) is 5.91 Å². The van der Waals surface area contributed by atoms with Crippen molar-refractivity contribution in [3.63, 3.8) is 0 Å². The Labute approximate surface area is 130 Å². The minimum Gasteiger partial charge on any atom is -0.320 e. The first-order valence-corrected chi connectivity index (χ1v) is 6.61. The number of carbonyl (C=O) groups excluding carboxylic acids is 1. The minimum atomic E-state index is -0.488. The molecule has 100 valence electrons. The van der Waals surface area contributed by atoms with Gasteiger partial charge in [0.2, 0.25) is 0 Å². The van der Waals surface area contributed by atoms with Gasteiger partial charge in [-0.2, -0.15) is 5.26 Å². The molecule has 0 aliphatic carbocycles. The number of nitrogens with zero attached hydrogens (tertiary/aromatic N) is 1. The highest BCUT2D eigenvalue weighted by molar-refractivity contribution is 6.40. The third kappa shape index (κ3) is 3.05. The Morgan fingerprint density at radius 1 is 1.05 bits per heavy atom. The predicted octanol–water partition coefficient (Wildman–Crippen LogP) is 4.77. The third-order valence-electron chi connectivity index (χ3n) is 2.53. The average molecular weight is 326 g/mol. The number of amides is 1. The fourth-order valence-corrected chi connectivity index (χ4v) is 2.32. The Balaban J connectivity index is 2.36. The molecule has 2 rings (SSSR count). The van der Waals surface area contributed by atoms with Crippen LogP contribution in [0.3, 0.4) is 0 Å². The van der Waals surface area contributed by atoms with E-state index in [1.807, 2.05) is 6.07 Å². The number of rotatable bonds is 2. The van der Waals surface area contributed by atoms with Crippen LogP contribution in [0.15, 0.2) is 36.4 Å². The molecule has 0 heterocycles. The van der Waals surface area contributed by atoms with Gasteiger partial charge in [-0.25, -0.2) is 0 Å². The van der Waals surface area contributed by atoms with Gasteiger partial charge in [0.1, 0.15) is 0 Å². The molecule has 0 saturated carbocycles. The van der Waals surface area contributed by atoms with Gasteiger partial charge in [-0.1, -0.05) is 40.9 Å². The Kier molecular flexibility index (Phi) is 4.51. The fraction of sp³-hybridized carbons (Fsp3) is 0. The molecule has 0 radical (unpaired) electrons. The van der Waals surface area contributed by atoms with Gasteiger partial charge in [0, 0.05) is 0 Å². The van der Waals surface area contributed by atoms with Crippen molar-refractivity contribution in [1.29, 1.82) is 5.26 Å². The number of anilines is 1. The molecule has 0 spiro atoms. The summed E-state index contributed by atoms with van der Waals surface area (Å²) in [6.45, 7) is 0. The van der Waals surface area contributed by atoms with E-state index in [0.717, 1.165) is 0 Å². The molecule has 1 amide bonds. The van der Waals surface area contributed by atoms with Crippen molar-refractivity contribution in [3.8, 4) is 6.07 Å². The van der Waals surface area contributed by atoms with Crippen LogP contribution >= 0.6 is 34.8 Å². The molecule has 0 bridgehead atoms. The van der Waals surface area contributed by atoms with E-state index < -0.39 is 5.91 Å². The number of nitriles is 1. The maximum atomic E-state index is 12.2. The van der Waals surface area contributed by atoms with Crippen LogP contribution in [0.4, 0.5) is 5.69 Å². The Morgan fingerprint density at radius 2 is 1.70 bits per heavy atom. The number of benzene rings is 2. The SMILES string of the molecule is N#Cc1ccc(Cl)c(NC(=O)c2c(Cl)cccc2Cl)c1. The Bertz CT molecular complexity index is 703. The molecule has 3 nitrogen and oxygen atoms in total. The van der Waals surface area contributed by atoms with Crippen LogP contribution in [0, 0.1) is 11.3 Å². The lowest BCUT2D eigenvalue weighted by atomic mass is 10.2. The minimum absolute atomic E-state index is 0.161. The molecule has 1 N–H and O–H groups in total. The summed E-state index contributed by atoms with van der Waals surface area (Å²) >= 11 is 17.9. The fourth-order valence-electron chi connectivity index (χ4n) is 1.59. The first-order chi connectivity index (χ1) is 9.52. The smallest absolute Gasteiger partial charge is 0.258 e. The molecule has 0 saturated heterocycles. The largest absolute Gasteiger partial charge is 0.320 e. The zero-order valence-corrected chi connectivity index (χ0v) is 12.2. The predicted molar refractivity (Wildman–Crippen MR) is 80.6 cm³/mol. The van der Waals surface area contributed by atoms with Gasteiger partial charge in [-0.15, -0.1) is 0 Å². The Hall–Kier alpha value is -1.73. The molecule has 0 fully saturated rings. The summed E-state index contributed by atoms with van der Waals surface area (Å²) in [5.41, 5.74) is 0.871. The van der Waals surface area contributed by atoms with E-state index in [0.29, 0.717) is 16.3 Å². The molecule has 2 aromatic carbocycles. The number of halogens is 3. The van der Waals surface area contributed by atoms with E-state index in [2.05, 4.69) is 5.32 Å². The second-order valence-corrected chi connectivity index (χ2v) is 5.08. The molecular weight excluding hydrogens is 319 g/mol. The van der Waals surface area contributed by atoms with Crippen LogP contribution in [0.5, 0.6) is 0 Å². The molecule has 2 aromatic rings. The number of hydrogen-bond donors (Lipinski definition) is 1. The molecule has 0 aliphatic rings. The lowest BCUT2D eigenvalue weighted by Crippen LogP contribution is -2.13. The topological polar surface area (TPSA) is 52.9 Å². The van der Waals surface area contributed by atoms with Crippen LogP contribution in [0.1, 0.15) is 15.9 Å². The van der Waals surface area contributed by atoms with Gasteiger partial charge < -0.3 is 5.32 Å². The van der Waals surface area contributed by atoms with Crippen molar-refractivity contribution in [2.45, 2.75) is 0 Å². The van der Waals surface area contributed by atoms with Crippen molar-refractivity contribution in [3.05, 3.63) is 62.6 Å². The summed E-state index contributed by atoms with van der Waals surface area (Å²) in [4.78, 5) is 12.2. The molecule has 0 unspecified atom stereocenters. The maximum Gasteiger partial charge on any atom is 0.258 e. The summed E-state index contributed by atoms with van der Waals surface area (Å²) in [5, 5.41) is 12.2. The first kappa shape index (κ1) is 14.7. The van der Waals surface area contributed by atoms with Gasteiger partial charge in [0.15, 0.2) is 0 Å². The van der Waals surface area contributed by atoms with E-state index in [4.69, 9.17) is 40.1 Å². The normalized spacial score (nSPS) is 9.90. The van der Waals surface area contributed by atoms with Gasteiger partial charge in [0.25, 0.3) is 5.91 Å². The quantitative estimate of drug-likeness (QED) is 0.864. The summed E-state index contributed by atoms with van der Waals surface area (Å²) in [5.74, 6) is -0.488. The number of nitrogens with one attached hydrogen (secondary N) is 1. The van der Waals surface area contributed by atoms with Crippen molar-refractivity contribution in [2.24, 2.45) is 0 Å². The van der Waals surface area contributed by atoms with Crippen molar-refractivity contribution in [1.82, 2.24) is 0 Å². The summed E-state index contributed by atoms with van der Waals surface area (Å²) in [6, 6.07) is 11.3. The molecule has 0 aromatic heterocycles. The van der Waals surface area contributed by atoms with E-state index in [9.17, 15) is 4.79 Å². The monoisotopic (exact) mass is 324 g/mol. The molecule has 0 atom stereocenters. The summed E-state index contributed by atoms with van der Waals surface area (Å²) in [6.07, 6.45) is 0. The second-order valence-electron chi connectivity index (χ2n) is 3.86. The van der Waals surface area contributed by atoms with Gasteiger partial charge in [0.05, 0.1) is 38.0 Å². The molecule has 6 heteroatoms. The van der Waals surface area contributed by atoms with Gasteiger partial charge in [-0.3, -0.25) is 4.79 Å². The van der Waals surface area contributed by atoms with Crippen molar-refractivity contribution < 1.29 is 4.79 Å². The van der Waals surface area contributed by atoms with Gasteiger partial charge >= 0.3 is 0 Å². The van der Waals surface area contributed by atoms with Crippen LogP contribution in [-0.2, 0) is 0 Å². The Morgan fingerprint density at radius 3 is 2.30 bits per heavy atom. The molecule has 0 aliphatic heterocycles. The lowest BCUT2D eigenvalue weighted by molar-refractivity contribution is 0.102. The van der Waals surface area contributed by atoms with Gasteiger partial charge in [-0.05, 0) is 30.3 Å². The highest BCUT2D eigenvalue weighted by Gasteiger charge is 2.15. The molecular formula is C14H7Cl3N2O. The summed E-state index contributed by atoms with van der Waals surface area (Å²) < 4.78 is 0. The van der Waals surface area contributed by atoms with Crippen molar-refractivity contribution in [2.75, 3.05) is 5.32 Å². The van der Waals surface area contributed by atoms with E-state index in [1.165, 1.54) is 12.1 Å². The zero-order valence-electron chi connectivity index (χ0n) is 9.95. The van der Waals surface area contributed by atoms with Crippen LogP contribution in [0.25, 0.3) is 0 Å². The summed E-state index contributed by atoms with van der Waals surface area (Å²) in [7, 11) is 0. The first-order valence-electron chi connectivity index (χ1n) is 5.48. The average Bonchev–Trinajstić information content (AvgIpc) is 2.41. The zero-order chi connectivity index (χ0) is 14.7. The van der Waals surface area contributed by atoms with E-state index in [-0.39, 0.29) is 15.6 Å². The highest BCUT2D eigenvalue weighted by Crippen LogP contribution is 2.28. The second kappa shape index (κ2) is 6.15. The number of carbonyl (C=O) groups is 1. The third-order valence-corrected chi connectivity index (χ3v) is 3.49. The maximum absolute atomic E-state index is 12.2. The standard InChI is InChI=1S/C14H7Cl3N2O/c15-9-5-4-8(7-18)6-12(9)19-14(20)13-10(16)2-1-3-11(13)17/h1-6H,(H,19,20). The number of hydrogen-bond acceptors (Lipinski definition) is 2. The van der Waals surface area contributed by atoms with E-state index >= 15 is 0 Å². The van der Waals surface area contributed by atoms with Crippen LogP contribution in [0.2, 0.25) is 15.1 Å². The van der Waals surface area contributed by atoms with E-state index in [1.54, 1.807) is 24.3 Å². The van der Waals surface area contributed by atoms with Crippen LogP contribution < -0.4 is 5.32 Å². The highest BCUT2D eigenvalue weighted by atomic mass is 35.5. The molecule has 20 heavy (non-hydrogen) atoms. The van der Waals surface area contributed by atoms with Crippen molar-refractivity contribution >= 4 is 46.4 Å². The lowest BCUT2D eigenvalue weighted by Gasteiger charge is -2.10.